The molecule has 2 amide bonds. The Morgan fingerprint density at radius 3 is 2.72 bits per heavy atom. The molecule has 0 aromatic carbocycles. The number of ether oxygens (including phenoxy) is 2. The predicted molar refractivity (Wildman–Crippen MR) is 140 cm³/mol. The number of carbonyl (C=O) groups excluding carboxylic acids is 2. The highest BCUT2D eigenvalue weighted by Gasteiger charge is 2.42. The number of nitrogens with one attached hydrogen (secondary N) is 1. The highest BCUT2D eigenvalue weighted by atomic mass is 16.5. The lowest BCUT2D eigenvalue weighted by molar-refractivity contribution is -0.142. The lowest BCUT2D eigenvalue weighted by atomic mass is 9.92. The second-order valence-electron chi connectivity index (χ2n) is 10.6. The van der Waals surface area contributed by atoms with Gasteiger partial charge in [0.1, 0.15) is 0 Å². The zero-order valence-corrected chi connectivity index (χ0v) is 22.1. The number of amidine groups is 1. The van der Waals surface area contributed by atoms with Crippen molar-refractivity contribution in [1.82, 2.24) is 20.0 Å². The zero-order chi connectivity index (χ0) is 25.5. The van der Waals surface area contributed by atoms with E-state index in [0.29, 0.717) is 70.7 Å². The first-order valence-electron chi connectivity index (χ1n) is 13.6. The van der Waals surface area contributed by atoms with Gasteiger partial charge in [-0.25, -0.2) is 0 Å². The molecule has 9 nitrogen and oxygen atoms in total. The van der Waals surface area contributed by atoms with E-state index in [9.17, 15) is 9.59 Å². The minimum absolute atomic E-state index is 0.0158. The number of unbranched alkanes of at least 4 members (excludes halogenated alkanes) is 1. The summed E-state index contributed by atoms with van der Waals surface area (Å²) in [5.74, 6) is 0.891. The van der Waals surface area contributed by atoms with Gasteiger partial charge >= 0.3 is 0 Å². The van der Waals surface area contributed by atoms with Gasteiger partial charge < -0.3 is 29.5 Å². The molecular formula is C27H43N5O4. The first-order chi connectivity index (χ1) is 17.5. The molecule has 36 heavy (non-hydrogen) atoms. The summed E-state index contributed by atoms with van der Waals surface area (Å²) in [6, 6.07) is 0.00493. The quantitative estimate of drug-likeness (QED) is 0.455. The van der Waals surface area contributed by atoms with Crippen molar-refractivity contribution in [2.75, 3.05) is 66.2 Å². The lowest BCUT2D eigenvalue weighted by Gasteiger charge is -2.41. The summed E-state index contributed by atoms with van der Waals surface area (Å²) in [6.07, 6.45) is 10.8. The van der Waals surface area contributed by atoms with Crippen molar-refractivity contribution in [2.45, 2.75) is 51.2 Å². The molecule has 2 fully saturated rings. The summed E-state index contributed by atoms with van der Waals surface area (Å²) >= 11 is 0. The van der Waals surface area contributed by atoms with Gasteiger partial charge in [-0.05, 0) is 25.2 Å². The maximum atomic E-state index is 14.1. The van der Waals surface area contributed by atoms with Gasteiger partial charge in [-0.1, -0.05) is 38.2 Å². The first-order valence-corrected chi connectivity index (χ1v) is 13.6. The third kappa shape index (κ3) is 6.36. The molecule has 0 aromatic rings. The molecule has 1 N–H and O–H groups in total. The highest BCUT2D eigenvalue weighted by Crippen LogP contribution is 2.27. The SMILES string of the molecule is COCCCCN1C(C(=O)N(CC(C)C)[C@@H]2CNC[C@H](C(=O)N3CCOCC3)C2)=NC2C=CC=CC21. The number of allylic oxidation sites excluding steroid dienone is 2. The molecule has 2 saturated heterocycles. The number of methoxy groups -OCH3 is 1. The third-order valence-corrected chi connectivity index (χ3v) is 7.43. The van der Waals surface area contributed by atoms with E-state index in [1.54, 1.807) is 7.11 Å². The molecule has 1 aliphatic carbocycles. The summed E-state index contributed by atoms with van der Waals surface area (Å²) in [5.41, 5.74) is 0. The fraction of sp³-hybridized carbons (Fsp3) is 0.741. The minimum Gasteiger partial charge on any atom is -0.385 e. The van der Waals surface area contributed by atoms with Crippen LogP contribution in [-0.2, 0) is 19.1 Å². The molecule has 3 aliphatic heterocycles. The van der Waals surface area contributed by atoms with Crippen molar-refractivity contribution in [2.24, 2.45) is 16.8 Å². The average Bonchev–Trinajstić information content (AvgIpc) is 3.28. The topological polar surface area (TPSA) is 86.7 Å². The van der Waals surface area contributed by atoms with Crippen molar-refractivity contribution < 1.29 is 19.1 Å². The maximum absolute atomic E-state index is 14.1. The monoisotopic (exact) mass is 501 g/mol. The molecule has 0 aromatic heterocycles. The number of carbonyl (C=O) groups is 2. The number of rotatable bonds is 10. The molecule has 9 heteroatoms. The Morgan fingerprint density at radius 1 is 1.19 bits per heavy atom. The Hall–Kier alpha value is -2.23. The predicted octanol–water partition coefficient (Wildman–Crippen LogP) is 1.31. The molecule has 0 radical (unpaired) electrons. The second-order valence-corrected chi connectivity index (χ2v) is 10.6. The Kier molecular flexibility index (Phi) is 9.56. The van der Waals surface area contributed by atoms with Gasteiger partial charge in [-0.15, -0.1) is 0 Å². The number of piperidine rings is 1. The van der Waals surface area contributed by atoms with Gasteiger partial charge in [-0.2, -0.15) is 0 Å². The van der Waals surface area contributed by atoms with Crippen LogP contribution in [0.25, 0.3) is 0 Å². The third-order valence-electron chi connectivity index (χ3n) is 7.43. The van der Waals surface area contributed by atoms with E-state index >= 15 is 0 Å². The van der Waals surface area contributed by atoms with E-state index in [-0.39, 0.29) is 35.9 Å². The van der Waals surface area contributed by atoms with Crippen molar-refractivity contribution in [3.63, 3.8) is 0 Å². The fourth-order valence-electron chi connectivity index (χ4n) is 5.62. The van der Waals surface area contributed by atoms with Gasteiger partial charge in [-0.3, -0.25) is 14.6 Å². The summed E-state index contributed by atoms with van der Waals surface area (Å²) in [6.45, 7) is 10.2. The molecular weight excluding hydrogens is 458 g/mol. The van der Waals surface area contributed by atoms with Crippen molar-refractivity contribution in [3.05, 3.63) is 24.3 Å². The van der Waals surface area contributed by atoms with Crippen LogP contribution < -0.4 is 5.32 Å². The molecule has 4 aliphatic rings. The van der Waals surface area contributed by atoms with Crippen LogP contribution in [0.4, 0.5) is 0 Å². The zero-order valence-electron chi connectivity index (χ0n) is 22.1. The maximum Gasteiger partial charge on any atom is 0.289 e. The van der Waals surface area contributed by atoms with Gasteiger partial charge in [0.15, 0.2) is 5.84 Å². The van der Waals surface area contributed by atoms with Crippen LogP contribution in [-0.4, -0.2) is 117 Å². The highest BCUT2D eigenvalue weighted by molar-refractivity contribution is 6.38. The minimum atomic E-state index is -0.131. The van der Waals surface area contributed by atoms with Crippen LogP contribution in [0.5, 0.6) is 0 Å². The van der Waals surface area contributed by atoms with Crippen LogP contribution >= 0.6 is 0 Å². The number of hydrogen-bond acceptors (Lipinski definition) is 7. The fourth-order valence-corrected chi connectivity index (χ4v) is 5.62. The lowest BCUT2D eigenvalue weighted by Crippen LogP contribution is -2.58. The van der Waals surface area contributed by atoms with Gasteiger partial charge in [0.25, 0.3) is 5.91 Å². The summed E-state index contributed by atoms with van der Waals surface area (Å²) < 4.78 is 10.7. The second kappa shape index (κ2) is 12.8. The Labute approximate surface area is 215 Å². The molecule has 3 heterocycles. The Bertz CT molecular complexity index is 851. The largest absolute Gasteiger partial charge is 0.385 e. The van der Waals surface area contributed by atoms with Gasteiger partial charge in [0.2, 0.25) is 5.91 Å². The average molecular weight is 502 g/mol. The van der Waals surface area contributed by atoms with Gasteiger partial charge in [0, 0.05) is 59.0 Å². The number of morpholine rings is 1. The van der Waals surface area contributed by atoms with E-state index in [4.69, 9.17) is 14.5 Å². The van der Waals surface area contributed by atoms with Crippen molar-refractivity contribution in [3.8, 4) is 0 Å². The summed E-state index contributed by atoms with van der Waals surface area (Å²) in [7, 11) is 1.72. The van der Waals surface area contributed by atoms with E-state index in [1.807, 2.05) is 22.0 Å². The van der Waals surface area contributed by atoms with Crippen LogP contribution in [0.3, 0.4) is 0 Å². The standard InChI is InChI=1S/C27H43N5O4/c1-20(2)19-32(22-16-21(17-28-18-22)26(33)30-11-14-36-15-12-30)27(34)25-29-23-8-4-5-9-24(23)31(25)10-6-7-13-35-3/h4-5,8-9,20-24,28H,6-7,10-19H2,1-3H3/t21-,22+,23?,24?/m1/s1. The molecule has 200 valence electrons. The molecule has 2 unspecified atom stereocenters. The smallest absolute Gasteiger partial charge is 0.289 e. The number of amides is 2. The molecule has 0 bridgehead atoms. The molecule has 0 spiro atoms. The number of fused-ring (bicyclic) bond motifs is 1. The van der Waals surface area contributed by atoms with Crippen LogP contribution in [0.2, 0.25) is 0 Å². The van der Waals surface area contributed by atoms with Crippen LogP contribution in [0.1, 0.15) is 33.1 Å². The Morgan fingerprint density at radius 2 is 1.97 bits per heavy atom. The number of nitrogens with zero attached hydrogens (tertiary/aromatic N) is 4. The van der Waals surface area contributed by atoms with Gasteiger partial charge in [0.05, 0.1) is 31.2 Å². The number of aliphatic imine (C=N–C) groups is 1. The first kappa shape index (κ1) is 26.8. The summed E-state index contributed by atoms with van der Waals surface area (Å²) in [4.78, 5) is 38.4. The van der Waals surface area contributed by atoms with E-state index in [2.05, 4.69) is 36.2 Å². The van der Waals surface area contributed by atoms with E-state index in [1.165, 1.54) is 0 Å². The van der Waals surface area contributed by atoms with Crippen LogP contribution in [0, 0.1) is 11.8 Å². The van der Waals surface area contributed by atoms with E-state index in [0.717, 1.165) is 19.4 Å². The normalized spacial score (nSPS) is 27.8. The number of hydrogen-bond donors (Lipinski definition) is 1. The van der Waals surface area contributed by atoms with Crippen LogP contribution in [0.15, 0.2) is 29.3 Å². The molecule has 4 rings (SSSR count). The molecule has 4 atom stereocenters. The van der Waals surface area contributed by atoms with E-state index < -0.39 is 0 Å². The van der Waals surface area contributed by atoms with Crippen molar-refractivity contribution >= 4 is 17.6 Å². The molecule has 0 saturated carbocycles. The summed E-state index contributed by atoms with van der Waals surface area (Å²) in [5, 5.41) is 3.45. The van der Waals surface area contributed by atoms with Crippen molar-refractivity contribution in [1.29, 1.82) is 0 Å². The Balaban J connectivity index is 1.50.